The predicted octanol–water partition coefficient (Wildman–Crippen LogP) is 4.57. The minimum Gasteiger partial charge on any atom is -0.339 e. The molecule has 150 valence electrons. The van der Waals surface area contributed by atoms with Crippen molar-refractivity contribution in [2.24, 2.45) is 0 Å². The number of halogens is 1. The number of piperidine rings is 1. The first-order valence-corrected chi connectivity index (χ1v) is 10.8. The first kappa shape index (κ1) is 19.6. The van der Waals surface area contributed by atoms with Crippen molar-refractivity contribution < 1.29 is 9.18 Å². The van der Waals surface area contributed by atoms with Gasteiger partial charge in [-0.15, -0.1) is 10.2 Å². The maximum atomic E-state index is 14.4. The third-order valence-corrected chi connectivity index (χ3v) is 6.12. The summed E-state index contributed by atoms with van der Waals surface area (Å²) in [6.07, 6.45) is 3.28. The lowest BCUT2D eigenvalue weighted by molar-refractivity contribution is -0.131. The average molecular weight is 411 g/mol. The summed E-state index contributed by atoms with van der Waals surface area (Å²) in [4.78, 5) is 14.7. The number of hydrogen-bond donors (Lipinski definition) is 0. The zero-order valence-corrected chi connectivity index (χ0v) is 17.1. The lowest BCUT2D eigenvalue weighted by Crippen LogP contribution is -2.42. The van der Waals surface area contributed by atoms with Crippen LogP contribution in [-0.4, -0.2) is 43.9 Å². The summed E-state index contributed by atoms with van der Waals surface area (Å²) in [5.74, 6) is 0.465. The van der Waals surface area contributed by atoms with Gasteiger partial charge in [0.05, 0.1) is 11.3 Å². The standard InChI is InChI=1S/C22H23FN4OS/c1-16-9-7-8-14-26(16)20(28)15-29-22-25-24-21(18-12-5-6-13-19(18)23)27(22)17-10-3-2-4-11-17/h2-6,10-13,16H,7-9,14-15H2,1H3. The van der Waals surface area contributed by atoms with Crippen LogP contribution in [-0.2, 0) is 4.79 Å². The Bertz CT molecular complexity index is 991. The lowest BCUT2D eigenvalue weighted by Gasteiger charge is -2.33. The summed E-state index contributed by atoms with van der Waals surface area (Å²) in [7, 11) is 0. The van der Waals surface area contributed by atoms with Gasteiger partial charge in [-0.2, -0.15) is 0 Å². The molecule has 1 atom stereocenters. The molecule has 7 heteroatoms. The Morgan fingerprint density at radius 1 is 1.10 bits per heavy atom. The number of amides is 1. The van der Waals surface area contributed by atoms with E-state index in [1.165, 1.54) is 24.2 Å². The maximum Gasteiger partial charge on any atom is 0.233 e. The number of para-hydroxylation sites is 1. The summed E-state index contributed by atoms with van der Waals surface area (Å²) in [6, 6.07) is 16.4. The van der Waals surface area contributed by atoms with Gasteiger partial charge in [0.25, 0.3) is 0 Å². The van der Waals surface area contributed by atoms with Crippen molar-refractivity contribution in [3.8, 4) is 17.1 Å². The Kier molecular flexibility index (Phi) is 5.94. The molecule has 29 heavy (non-hydrogen) atoms. The number of carbonyl (C=O) groups excluding carboxylic acids is 1. The molecule has 0 aliphatic carbocycles. The van der Waals surface area contributed by atoms with Crippen molar-refractivity contribution >= 4 is 17.7 Å². The van der Waals surface area contributed by atoms with Crippen LogP contribution in [0, 0.1) is 5.82 Å². The maximum absolute atomic E-state index is 14.4. The van der Waals surface area contributed by atoms with E-state index in [9.17, 15) is 9.18 Å². The second-order valence-electron chi connectivity index (χ2n) is 7.18. The minimum absolute atomic E-state index is 0.109. The molecule has 1 fully saturated rings. The molecule has 3 aromatic rings. The van der Waals surface area contributed by atoms with Crippen molar-refractivity contribution in [3.05, 3.63) is 60.4 Å². The first-order valence-electron chi connectivity index (χ1n) is 9.83. The summed E-state index contributed by atoms with van der Waals surface area (Å²) in [5, 5.41) is 9.12. The first-order chi connectivity index (χ1) is 14.1. The van der Waals surface area contributed by atoms with Crippen LogP contribution in [0.25, 0.3) is 17.1 Å². The summed E-state index contributed by atoms with van der Waals surface area (Å²) in [5.41, 5.74) is 1.21. The highest BCUT2D eigenvalue weighted by molar-refractivity contribution is 7.99. The van der Waals surface area contributed by atoms with Gasteiger partial charge >= 0.3 is 0 Å². The minimum atomic E-state index is -0.355. The quantitative estimate of drug-likeness (QED) is 0.579. The van der Waals surface area contributed by atoms with Gasteiger partial charge in [-0.1, -0.05) is 42.1 Å². The number of aromatic nitrogens is 3. The molecule has 1 saturated heterocycles. The molecule has 0 saturated carbocycles. The molecule has 0 bridgehead atoms. The van der Waals surface area contributed by atoms with Gasteiger partial charge in [-0.05, 0) is 50.5 Å². The van der Waals surface area contributed by atoms with Crippen LogP contribution >= 0.6 is 11.8 Å². The second kappa shape index (κ2) is 8.78. The van der Waals surface area contributed by atoms with Gasteiger partial charge in [0.15, 0.2) is 11.0 Å². The third-order valence-electron chi connectivity index (χ3n) is 5.21. The molecule has 1 aromatic heterocycles. The average Bonchev–Trinajstić information content (AvgIpc) is 3.17. The fourth-order valence-electron chi connectivity index (χ4n) is 3.67. The predicted molar refractivity (Wildman–Crippen MR) is 113 cm³/mol. The number of carbonyl (C=O) groups is 1. The molecule has 1 aliphatic rings. The largest absolute Gasteiger partial charge is 0.339 e. The van der Waals surface area contributed by atoms with E-state index in [0.29, 0.717) is 16.5 Å². The number of hydrogen-bond acceptors (Lipinski definition) is 4. The molecule has 1 aliphatic heterocycles. The molecule has 0 spiro atoms. The summed E-state index contributed by atoms with van der Waals surface area (Å²) in [6.45, 7) is 2.91. The van der Waals surface area contributed by atoms with Crippen molar-refractivity contribution in [2.75, 3.05) is 12.3 Å². The van der Waals surface area contributed by atoms with E-state index < -0.39 is 0 Å². The molecule has 2 heterocycles. The topological polar surface area (TPSA) is 51.0 Å². The lowest BCUT2D eigenvalue weighted by atomic mass is 10.0. The fraction of sp³-hybridized carbons (Fsp3) is 0.318. The van der Waals surface area contributed by atoms with Crippen LogP contribution in [0.4, 0.5) is 4.39 Å². The van der Waals surface area contributed by atoms with E-state index in [4.69, 9.17) is 0 Å². The Labute approximate surface area is 173 Å². The van der Waals surface area contributed by atoms with Crippen molar-refractivity contribution in [3.63, 3.8) is 0 Å². The Hall–Kier alpha value is -2.67. The van der Waals surface area contributed by atoms with Crippen LogP contribution in [0.5, 0.6) is 0 Å². The smallest absolute Gasteiger partial charge is 0.233 e. The van der Waals surface area contributed by atoms with Gasteiger partial charge in [-0.3, -0.25) is 9.36 Å². The van der Waals surface area contributed by atoms with Crippen LogP contribution in [0.2, 0.25) is 0 Å². The highest BCUT2D eigenvalue weighted by Gasteiger charge is 2.25. The highest BCUT2D eigenvalue weighted by Crippen LogP contribution is 2.30. The van der Waals surface area contributed by atoms with Gasteiger partial charge in [0, 0.05) is 18.3 Å². The summed E-state index contributed by atoms with van der Waals surface area (Å²) >= 11 is 1.34. The van der Waals surface area contributed by atoms with Gasteiger partial charge in [-0.25, -0.2) is 4.39 Å². The molecular weight excluding hydrogens is 387 g/mol. The van der Waals surface area contributed by atoms with Crippen molar-refractivity contribution in [2.45, 2.75) is 37.4 Å². The van der Waals surface area contributed by atoms with Gasteiger partial charge in [0.2, 0.25) is 5.91 Å². The Balaban J connectivity index is 1.64. The van der Waals surface area contributed by atoms with E-state index in [1.807, 2.05) is 39.8 Å². The van der Waals surface area contributed by atoms with Crippen LogP contribution in [0.15, 0.2) is 59.8 Å². The van der Waals surface area contributed by atoms with Crippen LogP contribution in [0.1, 0.15) is 26.2 Å². The van der Waals surface area contributed by atoms with Crippen molar-refractivity contribution in [1.29, 1.82) is 0 Å². The molecule has 1 amide bonds. The Morgan fingerprint density at radius 2 is 1.86 bits per heavy atom. The Morgan fingerprint density at radius 3 is 2.62 bits per heavy atom. The highest BCUT2D eigenvalue weighted by atomic mass is 32.2. The van der Waals surface area contributed by atoms with E-state index in [0.717, 1.165) is 25.1 Å². The molecular formula is C22H23FN4OS. The summed E-state index contributed by atoms with van der Waals surface area (Å²) < 4.78 is 16.2. The number of thioether (sulfide) groups is 1. The van der Waals surface area contributed by atoms with E-state index in [1.54, 1.807) is 18.2 Å². The zero-order valence-electron chi connectivity index (χ0n) is 16.3. The van der Waals surface area contributed by atoms with Crippen LogP contribution in [0.3, 0.4) is 0 Å². The number of likely N-dealkylation sites (tertiary alicyclic amines) is 1. The van der Waals surface area contributed by atoms with E-state index >= 15 is 0 Å². The fourth-order valence-corrected chi connectivity index (χ4v) is 4.51. The molecule has 0 radical (unpaired) electrons. The zero-order chi connectivity index (χ0) is 20.2. The molecule has 5 nitrogen and oxygen atoms in total. The number of benzene rings is 2. The molecule has 2 aromatic carbocycles. The SMILES string of the molecule is CC1CCCCN1C(=O)CSc1nnc(-c2ccccc2F)n1-c1ccccc1. The molecule has 1 unspecified atom stereocenters. The van der Waals surface area contributed by atoms with Crippen molar-refractivity contribution in [1.82, 2.24) is 19.7 Å². The monoisotopic (exact) mass is 410 g/mol. The number of rotatable bonds is 5. The second-order valence-corrected chi connectivity index (χ2v) is 8.12. The van der Waals surface area contributed by atoms with E-state index in [-0.39, 0.29) is 23.5 Å². The normalized spacial score (nSPS) is 16.8. The number of nitrogens with zero attached hydrogens (tertiary/aromatic N) is 4. The molecule has 4 rings (SSSR count). The van der Waals surface area contributed by atoms with Gasteiger partial charge < -0.3 is 4.90 Å². The molecule has 0 N–H and O–H groups in total. The third kappa shape index (κ3) is 4.19. The van der Waals surface area contributed by atoms with E-state index in [2.05, 4.69) is 17.1 Å². The van der Waals surface area contributed by atoms with Crippen LogP contribution < -0.4 is 0 Å². The van der Waals surface area contributed by atoms with Gasteiger partial charge in [0.1, 0.15) is 5.82 Å².